The van der Waals surface area contributed by atoms with Crippen LogP contribution in [0.2, 0.25) is 0 Å². The van der Waals surface area contributed by atoms with E-state index in [2.05, 4.69) is 85.0 Å². The number of aliphatic hydroxyl groups is 2. The van der Waals surface area contributed by atoms with Crippen LogP contribution in [-0.4, -0.2) is 73.6 Å². The number of unbranched alkanes of at least 4 members (excludes halogenated alkanes) is 22. The Hall–Kier alpha value is -1.24. The van der Waals surface area contributed by atoms with E-state index in [9.17, 15) is 10.2 Å². The second-order valence-corrected chi connectivity index (χ2v) is 16.2. The SMILES string of the molecule is CCCCCCCC/C=C\C/C=C\CCCCCCCC(O)CNCCN(C)CCNCC(O)CCCCCCC/C=C\C/C=C\CCCCCCCC. The first-order chi connectivity index (χ1) is 26.6. The van der Waals surface area contributed by atoms with Crippen molar-refractivity contribution in [1.29, 1.82) is 0 Å². The molecule has 0 fully saturated rings. The number of likely N-dealkylation sites (N-methyl/N-ethyl adjacent to an activating group) is 1. The molecule has 0 aliphatic rings. The van der Waals surface area contributed by atoms with Crippen molar-refractivity contribution in [1.82, 2.24) is 15.5 Å². The fraction of sp³-hybridized carbons (Fsp3) is 0.837. The molecule has 0 saturated carbocycles. The maximum atomic E-state index is 10.3. The van der Waals surface area contributed by atoms with Gasteiger partial charge in [-0.2, -0.15) is 0 Å². The Labute approximate surface area is 338 Å². The Morgan fingerprint density at radius 2 is 0.704 bits per heavy atom. The first-order valence-electron chi connectivity index (χ1n) is 23.7. The fourth-order valence-electron chi connectivity index (χ4n) is 6.84. The average molecular weight is 758 g/mol. The van der Waals surface area contributed by atoms with Crippen LogP contribution in [0.15, 0.2) is 48.6 Å². The Kier molecular flexibility index (Phi) is 45.1. The summed E-state index contributed by atoms with van der Waals surface area (Å²) < 4.78 is 0. The quantitative estimate of drug-likeness (QED) is 0.0368. The molecule has 0 aromatic heterocycles. The Morgan fingerprint density at radius 1 is 0.407 bits per heavy atom. The van der Waals surface area contributed by atoms with Gasteiger partial charge >= 0.3 is 0 Å². The summed E-state index contributed by atoms with van der Waals surface area (Å²) in [5.41, 5.74) is 0. The van der Waals surface area contributed by atoms with Gasteiger partial charge in [-0.05, 0) is 84.1 Å². The van der Waals surface area contributed by atoms with Crippen LogP contribution in [0.5, 0.6) is 0 Å². The lowest BCUT2D eigenvalue weighted by atomic mass is 10.1. The zero-order valence-electron chi connectivity index (χ0n) is 36.6. The molecular weight excluding hydrogens is 663 g/mol. The van der Waals surface area contributed by atoms with Crippen molar-refractivity contribution in [3.63, 3.8) is 0 Å². The van der Waals surface area contributed by atoms with Crippen LogP contribution < -0.4 is 10.6 Å². The molecular formula is C49H95N3O2. The molecule has 5 heteroatoms. The molecule has 0 aliphatic heterocycles. The highest BCUT2D eigenvalue weighted by Gasteiger charge is 2.06. The van der Waals surface area contributed by atoms with Gasteiger partial charge in [0.1, 0.15) is 0 Å². The Balaban J connectivity index is 3.44. The second kappa shape index (κ2) is 46.1. The Morgan fingerprint density at radius 3 is 1.04 bits per heavy atom. The highest BCUT2D eigenvalue weighted by molar-refractivity contribution is 4.93. The zero-order valence-corrected chi connectivity index (χ0v) is 36.6. The maximum absolute atomic E-state index is 10.3. The standard InChI is InChI=1S/C49H95N3O2/c1-4-6-8-10-12-14-16-18-20-22-24-26-28-30-32-34-36-38-40-48(53)46-50-42-44-52(3)45-43-51-47-49(54)41-39-37-35-33-31-29-27-25-23-21-19-17-15-13-11-9-7-5-2/h18-21,24-27,48-51,53-54H,4-17,22-23,28-47H2,1-3H3/b20-18-,21-19-,26-24-,27-25-. The maximum Gasteiger partial charge on any atom is 0.0664 e. The summed E-state index contributed by atoms with van der Waals surface area (Å²) in [7, 11) is 2.14. The molecule has 0 saturated heterocycles. The lowest BCUT2D eigenvalue weighted by Gasteiger charge is -2.19. The van der Waals surface area contributed by atoms with Crippen molar-refractivity contribution in [2.24, 2.45) is 0 Å². The zero-order chi connectivity index (χ0) is 39.3. The van der Waals surface area contributed by atoms with Crippen molar-refractivity contribution in [2.75, 3.05) is 46.3 Å². The van der Waals surface area contributed by atoms with Crippen LogP contribution in [0.1, 0.15) is 206 Å². The minimum absolute atomic E-state index is 0.241. The molecule has 0 bridgehead atoms. The molecule has 0 radical (unpaired) electrons. The first-order valence-corrected chi connectivity index (χ1v) is 23.7. The summed E-state index contributed by atoms with van der Waals surface area (Å²) in [6.45, 7) is 9.65. The van der Waals surface area contributed by atoms with Crippen LogP contribution in [0.3, 0.4) is 0 Å². The van der Waals surface area contributed by atoms with Crippen molar-refractivity contribution in [3.05, 3.63) is 48.6 Å². The van der Waals surface area contributed by atoms with Gasteiger partial charge in [-0.25, -0.2) is 0 Å². The molecule has 54 heavy (non-hydrogen) atoms. The van der Waals surface area contributed by atoms with E-state index in [-0.39, 0.29) is 12.2 Å². The largest absolute Gasteiger partial charge is 0.392 e. The predicted octanol–water partition coefficient (Wildman–Crippen LogP) is 12.8. The molecule has 0 amide bonds. The van der Waals surface area contributed by atoms with Crippen LogP contribution in [0, 0.1) is 0 Å². The highest BCUT2D eigenvalue weighted by Crippen LogP contribution is 2.12. The van der Waals surface area contributed by atoms with E-state index in [1.807, 2.05) is 0 Å². The number of hydrogen-bond donors (Lipinski definition) is 4. The van der Waals surface area contributed by atoms with Gasteiger partial charge < -0.3 is 25.7 Å². The van der Waals surface area contributed by atoms with Crippen LogP contribution in [0.25, 0.3) is 0 Å². The van der Waals surface area contributed by atoms with Gasteiger partial charge in [-0.3, -0.25) is 0 Å². The van der Waals surface area contributed by atoms with Crippen molar-refractivity contribution in [2.45, 2.75) is 219 Å². The predicted molar refractivity (Wildman–Crippen MR) is 242 cm³/mol. The average Bonchev–Trinajstić information content (AvgIpc) is 3.17. The number of allylic oxidation sites excluding steroid dienone is 8. The van der Waals surface area contributed by atoms with E-state index in [1.165, 1.54) is 154 Å². The third kappa shape index (κ3) is 45.2. The van der Waals surface area contributed by atoms with Gasteiger partial charge in [-0.15, -0.1) is 0 Å². The summed E-state index contributed by atoms with van der Waals surface area (Å²) in [4.78, 5) is 2.31. The summed E-state index contributed by atoms with van der Waals surface area (Å²) >= 11 is 0. The molecule has 0 heterocycles. The number of rotatable bonds is 44. The lowest BCUT2D eigenvalue weighted by molar-refractivity contribution is 0.154. The summed E-state index contributed by atoms with van der Waals surface area (Å²) in [5.74, 6) is 0. The molecule has 0 aromatic rings. The van der Waals surface area contributed by atoms with Gasteiger partial charge in [0.2, 0.25) is 0 Å². The monoisotopic (exact) mass is 758 g/mol. The van der Waals surface area contributed by atoms with Gasteiger partial charge in [0.25, 0.3) is 0 Å². The minimum Gasteiger partial charge on any atom is -0.392 e. The molecule has 0 aliphatic carbocycles. The topological polar surface area (TPSA) is 67.8 Å². The third-order valence-corrected chi connectivity index (χ3v) is 10.6. The molecule has 318 valence electrons. The molecule has 2 atom stereocenters. The second-order valence-electron chi connectivity index (χ2n) is 16.2. The number of hydrogen-bond acceptors (Lipinski definition) is 5. The molecule has 0 aromatic carbocycles. The first kappa shape index (κ1) is 52.8. The van der Waals surface area contributed by atoms with Gasteiger partial charge in [-0.1, -0.05) is 178 Å². The molecule has 5 nitrogen and oxygen atoms in total. The van der Waals surface area contributed by atoms with Gasteiger partial charge in [0.05, 0.1) is 12.2 Å². The normalized spacial score (nSPS) is 13.6. The van der Waals surface area contributed by atoms with Gasteiger partial charge in [0, 0.05) is 39.3 Å². The number of nitrogens with zero attached hydrogens (tertiary/aromatic N) is 1. The van der Waals surface area contributed by atoms with E-state index in [1.54, 1.807) is 0 Å². The molecule has 0 rings (SSSR count). The van der Waals surface area contributed by atoms with Crippen LogP contribution in [0.4, 0.5) is 0 Å². The van der Waals surface area contributed by atoms with E-state index in [4.69, 9.17) is 0 Å². The van der Waals surface area contributed by atoms with E-state index < -0.39 is 0 Å². The Bertz CT molecular complexity index is 760. The molecule has 4 N–H and O–H groups in total. The third-order valence-electron chi connectivity index (χ3n) is 10.6. The fourth-order valence-corrected chi connectivity index (χ4v) is 6.84. The molecule has 2 unspecified atom stereocenters. The highest BCUT2D eigenvalue weighted by atomic mass is 16.3. The summed E-state index contributed by atoms with van der Waals surface area (Å²) in [6, 6.07) is 0. The van der Waals surface area contributed by atoms with Crippen molar-refractivity contribution < 1.29 is 10.2 Å². The summed E-state index contributed by atoms with van der Waals surface area (Å²) in [6.07, 6.45) is 56.0. The number of aliphatic hydroxyl groups excluding tert-OH is 2. The van der Waals surface area contributed by atoms with E-state index in [0.717, 1.165) is 64.7 Å². The van der Waals surface area contributed by atoms with Crippen molar-refractivity contribution >= 4 is 0 Å². The molecule has 0 spiro atoms. The van der Waals surface area contributed by atoms with Crippen LogP contribution in [-0.2, 0) is 0 Å². The van der Waals surface area contributed by atoms with E-state index in [0.29, 0.717) is 13.1 Å². The van der Waals surface area contributed by atoms with Crippen LogP contribution >= 0.6 is 0 Å². The smallest absolute Gasteiger partial charge is 0.0664 e. The minimum atomic E-state index is -0.241. The summed E-state index contributed by atoms with van der Waals surface area (Å²) in [5, 5.41) is 27.5. The van der Waals surface area contributed by atoms with Crippen molar-refractivity contribution in [3.8, 4) is 0 Å². The van der Waals surface area contributed by atoms with E-state index >= 15 is 0 Å². The number of nitrogens with one attached hydrogen (secondary N) is 2. The van der Waals surface area contributed by atoms with Gasteiger partial charge in [0.15, 0.2) is 0 Å². The lowest BCUT2D eigenvalue weighted by Crippen LogP contribution is -2.38.